The van der Waals surface area contributed by atoms with Crippen LogP contribution in [0.1, 0.15) is 5.56 Å². The molecule has 0 aliphatic heterocycles. The normalized spacial score (nSPS) is 10.8. The molecule has 0 saturated carbocycles. The quantitative estimate of drug-likeness (QED) is 0.746. The van der Waals surface area contributed by atoms with E-state index in [1.54, 1.807) is 12.7 Å². The molecule has 18 heavy (non-hydrogen) atoms. The summed E-state index contributed by atoms with van der Waals surface area (Å²) in [7, 11) is 1.91. The van der Waals surface area contributed by atoms with E-state index in [2.05, 4.69) is 39.3 Å². The highest BCUT2D eigenvalue weighted by Crippen LogP contribution is 2.21. The molecule has 0 amide bonds. The zero-order valence-electron chi connectivity index (χ0n) is 10.3. The molecule has 0 saturated heterocycles. The van der Waals surface area contributed by atoms with Crippen LogP contribution in [0.2, 0.25) is 0 Å². The number of hydrogen-bond acceptors (Lipinski definition) is 4. The fraction of sp³-hybridized carbons (Fsp3) is 0.154. The number of aryl methyl sites for hydroxylation is 2. The Bertz CT molecular complexity index is 684. The molecule has 90 valence electrons. The topological polar surface area (TPSA) is 55.6 Å². The van der Waals surface area contributed by atoms with Crippen molar-refractivity contribution in [3.05, 3.63) is 42.5 Å². The van der Waals surface area contributed by atoms with Gasteiger partial charge in [0.05, 0.1) is 6.33 Å². The van der Waals surface area contributed by atoms with Gasteiger partial charge < -0.3 is 9.88 Å². The third kappa shape index (κ3) is 1.79. The molecule has 2 heterocycles. The average Bonchev–Trinajstić information content (AvgIpc) is 2.76. The van der Waals surface area contributed by atoms with Crippen molar-refractivity contribution >= 4 is 22.7 Å². The molecule has 0 aliphatic rings. The second kappa shape index (κ2) is 4.10. The van der Waals surface area contributed by atoms with Crippen LogP contribution in [0.3, 0.4) is 0 Å². The van der Waals surface area contributed by atoms with Crippen LogP contribution in [0, 0.1) is 6.92 Å². The highest BCUT2D eigenvalue weighted by Gasteiger charge is 2.07. The van der Waals surface area contributed by atoms with Gasteiger partial charge in [-0.15, -0.1) is 0 Å². The molecule has 3 aromatic rings. The number of nitrogens with zero attached hydrogens (tertiary/aromatic N) is 4. The number of aromatic nitrogens is 4. The molecule has 3 rings (SSSR count). The lowest BCUT2D eigenvalue weighted by Crippen LogP contribution is -1.96. The summed E-state index contributed by atoms with van der Waals surface area (Å²) >= 11 is 0. The molecule has 5 heteroatoms. The average molecular weight is 239 g/mol. The first kappa shape index (κ1) is 10.7. The molecule has 0 unspecified atom stereocenters. The van der Waals surface area contributed by atoms with Crippen molar-refractivity contribution in [2.45, 2.75) is 6.92 Å². The van der Waals surface area contributed by atoms with Gasteiger partial charge in [-0.1, -0.05) is 17.7 Å². The molecule has 0 spiro atoms. The number of benzene rings is 1. The molecule has 0 atom stereocenters. The fourth-order valence-corrected chi connectivity index (χ4v) is 1.81. The van der Waals surface area contributed by atoms with E-state index >= 15 is 0 Å². The first-order chi connectivity index (χ1) is 8.74. The summed E-state index contributed by atoms with van der Waals surface area (Å²) in [6, 6.07) is 8.15. The first-order valence-corrected chi connectivity index (χ1v) is 5.70. The monoisotopic (exact) mass is 239 g/mol. The Morgan fingerprint density at radius 2 is 1.83 bits per heavy atom. The minimum atomic E-state index is 0.726. The highest BCUT2D eigenvalue weighted by atomic mass is 15.1. The van der Waals surface area contributed by atoms with Crippen LogP contribution in [0.15, 0.2) is 36.9 Å². The van der Waals surface area contributed by atoms with E-state index in [4.69, 9.17) is 0 Å². The van der Waals surface area contributed by atoms with Crippen molar-refractivity contribution in [1.29, 1.82) is 0 Å². The van der Waals surface area contributed by atoms with Gasteiger partial charge >= 0.3 is 0 Å². The van der Waals surface area contributed by atoms with Crippen LogP contribution in [0.5, 0.6) is 0 Å². The minimum Gasteiger partial charge on any atom is -0.338 e. The third-order valence-corrected chi connectivity index (χ3v) is 2.81. The summed E-state index contributed by atoms with van der Waals surface area (Å²) in [5.41, 5.74) is 3.82. The van der Waals surface area contributed by atoms with Crippen molar-refractivity contribution < 1.29 is 0 Å². The lowest BCUT2D eigenvalue weighted by atomic mass is 10.2. The Morgan fingerprint density at radius 1 is 1.06 bits per heavy atom. The number of fused-ring (bicyclic) bond motifs is 1. The van der Waals surface area contributed by atoms with E-state index in [-0.39, 0.29) is 0 Å². The van der Waals surface area contributed by atoms with Crippen molar-refractivity contribution in [2.75, 3.05) is 5.32 Å². The zero-order chi connectivity index (χ0) is 12.5. The number of hydrogen-bond donors (Lipinski definition) is 1. The van der Waals surface area contributed by atoms with Gasteiger partial charge in [0, 0.05) is 12.7 Å². The number of imidazole rings is 1. The van der Waals surface area contributed by atoms with E-state index in [0.29, 0.717) is 0 Å². The van der Waals surface area contributed by atoms with Crippen molar-refractivity contribution in [3.63, 3.8) is 0 Å². The van der Waals surface area contributed by atoms with Gasteiger partial charge in [0.2, 0.25) is 0 Å². The predicted octanol–water partition coefficient (Wildman–Crippen LogP) is 2.42. The molecule has 1 aromatic carbocycles. The zero-order valence-corrected chi connectivity index (χ0v) is 10.3. The Hall–Kier alpha value is -2.43. The van der Waals surface area contributed by atoms with Gasteiger partial charge in [-0.05, 0) is 19.1 Å². The van der Waals surface area contributed by atoms with E-state index in [1.165, 1.54) is 5.56 Å². The molecule has 0 fully saturated rings. The summed E-state index contributed by atoms with van der Waals surface area (Å²) in [5, 5.41) is 3.26. The van der Waals surface area contributed by atoms with E-state index in [0.717, 1.165) is 22.7 Å². The summed E-state index contributed by atoms with van der Waals surface area (Å²) in [4.78, 5) is 12.8. The highest BCUT2D eigenvalue weighted by molar-refractivity contribution is 5.84. The summed E-state index contributed by atoms with van der Waals surface area (Å²) < 4.78 is 1.87. The van der Waals surface area contributed by atoms with Crippen LogP contribution in [-0.4, -0.2) is 19.5 Å². The van der Waals surface area contributed by atoms with Gasteiger partial charge in [-0.2, -0.15) is 0 Å². The largest absolute Gasteiger partial charge is 0.338 e. The maximum atomic E-state index is 4.31. The van der Waals surface area contributed by atoms with Gasteiger partial charge in [0.1, 0.15) is 6.33 Å². The van der Waals surface area contributed by atoms with Crippen molar-refractivity contribution in [2.24, 2.45) is 7.05 Å². The maximum Gasteiger partial charge on any atom is 0.165 e. The Morgan fingerprint density at radius 3 is 2.61 bits per heavy atom. The van der Waals surface area contributed by atoms with Crippen LogP contribution in [0.4, 0.5) is 11.5 Å². The maximum absolute atomic E-state index is 4.31. The van der Waals surface area contributed by atoms with Crippen LogP contribution in [-0.2, 0) is 7.05 Å². The fourth-order valence-electron chi connectivity index (χ4n) is 1.81. The molecule has 0 radical (unpaired) electrons. The lowest BCUT2D eigenvalue weighted by molar-refractivity contribution is 0.928. The minimum absolute atomic E-state index is 0.726. The molecular formula is C13H13N5. The molecule has 5 nitrogen and oxygen atoms in total. The second-order valence-electron chi connectivity index (χ2n) is 4.24. The molecule has 0 bridgehead atoms. The SMILES string of the molecule is Cc1ccc(Nc2ncnc3c2ncn3C)cc1. The van der Waals surface area contributed by atoms with Gasteiger partial charge in [0.15, 0.2) is 17.0 Å². The Balaban J connectivity index is 2.02. The summed E-state index contributed by atoms with van der Waals surface area (Å²) in [6.07, 6.45) is 3.28. The van der Waals surface area contributed by atoms with Crippen LogP contribution < -0.4 is 5.32 Å². The standard InChI is InChI=1S/C13H13N5/c1-9-3-5-10(6-4-9)17-12-11-13(15-7-14-12)18(2)8-16-11/h3-8H,1-2H3,(H,14,15,17). The van der Waals surface area contributed by atoms with E-state index in [9.17, 15) is 0 Å². The predicted molar refractivity (Wildman–Crippen MR) is 70.8 cm³/mol. The number of rotatable bonds is 2. The summed E-state index contributed by atoms with van der Waals surface area (Å²) in [6.45, 7) is 2.06. The van der Waals surface area contributed by atoms with E-state index in [1.807, 2.05) is 23.7 Å². The summed E-state index contributed by atoms with van der Waals surface area (Å²) in [5.74, 6) is 0.726. The van der Waals surface area contributed by atoms with Crippen LogP contribution in [0.25, 0.3) is 11.2 Å². The van der Waals surface area contributed by atoms with Crippen molar-refractivity contribution in [1.82, 2.24) is 19.5 Å². The smallest absolute Gasteiger partial charge is 0.165 e. The first-order valence-electron chi connectivity index (χ1n) is 5.70. The molecule has 0 aliphatic carbocycles. The van der Waals surface area contributed by atoms with Crippen molar-refractivity contribution in [3.8, 4) is 0 Å². The molecule has 1 N–H and O–H groups in total. The van der Waals surface area contributed by atoms with E-state index < -0.39 is 0 Å². The van der Waals surface area contributed by atoms with Gasteiger partial charge in [-0.3, -0.25) is 0 Å². The molecular weight excluding hydrogens is 226 g/mol. The van der Waals surface area contributed by atoms with Crippen LogP contribution >= 0.6 is 0 Å². The lowest BCUT2D eigenvalue weighted by Gasteiger charge is -2.06. The van der Waals surface area contributed by atoms with Gasteiger partial charge in [-0.25, -0.2) is 15.0 Å². The number of anilines is 2. The number of nitrogens with one attached hydrogen (secondary N) is 1. The second-order valence-corrected chi connectivity index (χ2v) is 4.24. The Kier molecular flexibility index (Phi) is 2.44. The molecule has 2 aromatic heterocycles. The third-order valence-electron chi connectivity index (χ3n) is 2.81. The Labute approximate surface area is 105 Å². The van der Waals surface area contributed by atoms with Gasteiger partial charge in [0.25, 0.3) is 0 Å².